The van der Waals surface area contributed by atoms with E-state index in [2.05, 4.69) is 10.5 Å². The van der Waals surface area contributed by atoms with Crippen molar-refractivity contribution in [2.45, 2.75) is 0 Å². The molecule has 0 heterocycles. The molecule has 0 aliphatic heterocycles. The number of hydrogen-bond donors (Lipinski definition) is 1. The Kier molecular flexibility index (Phi) is 5.62. The number of hydrazone groups is 1. The monoisotopic (exact) mass is 328 g/mol. The summed E-state index contributed by atoms with van der Waals surface area (Å²) in [4.78, 5) is 23.1. The molecular formula is C17H18N3O4+. The van der Waals surface area contributed by atoms with Crippen LogP contribution in [0.25, 0.3) is 0 Å². The highest BCUT2D eigenvalue weighted by molar-refractivity contribution is 5.95. The summed E-state index contributed by atoms with van der Waals surface area (Å²) in [5, 5.41) is 3.92. The summed E-state index contributed by atoms with van der Waals surface area (Å²) in [5.41, 5.74) is 4.00. The molecule has 0 radical (unpaired) electrons. The molecule has 2 aromatic carbocycles. The van der Waals surface area contributed by atoms with E-state index in [-0.39, 0.29) is 5.91 Å². The van der Waals surface area contributed by atoms with Crippen LogP contribution in [0.4, 0.5) is 5.69 Å². The molecule has 2 rings (SSSR count). The molecule has 0 fully saturated rings. The molecule has 0 saturated carbocycles. The minimum absolute atomic E-state index is 0.376. The lowest BCUT2D eigenvalue weighted by atomic mass is 10.2. The Bertz CT molecular complexity index is 770. The molecule has 0 aliphatic carbocycles. The summed E-state index contributed by atoms with van der Waals surface area (Å²) in [6, 6.07) is 11.5. The third-order valence-corrected chi connectivity index (χ3v) is 3.30. The standard InChI is InChI=1S/C17H17N3O4/c1-20(22)14-7-4-12(5-8-14)17(21)19-18-11-13-6-9-15(23-2)10-16(13)24-3/h4-11H,1-3H3/p+1/b18-11+. The minimum Gasteiger partial charge on any atom is -0.497 e. The summed E-state index contributed by atoms with van der Waals surface area (Å²) in [5.74, 6) is 0.866. The number of benzene rings is 2. The molecule has 7 heteroatoms. The molecule has 0 atom stereocenters. The Morgan fingerprint density at radius 2 is 1.83 bits per heavy atom. The van der Waals surface area contributed by atoms with Crippen LogP contribution >= 0.6 is 0 Å². The molecule has 7 nitrogen and oxygen atoms in total. The van der Waals surface area contributed by atoms with E-state index in [0.29, 0.717) is 28.3 Å². The van der Waals surface area contributed by atoms with Crippen LogP contribution in [0.2, 0.25) is 0 Å². The van der Waals surface area contributed by atoms with Crippen molar-refractivity contribution in [2.75, 3.05) is 21.3 Å². The molecule has 1 amide bonds. The van der Waals surface area contributed by atoms with Gasteiger partial charge in [0, 0.05) is 39.0 Å². The van der Waals surface area contributed by atoms with Gasteiger partial charge in [-0.25, -0.2) is 5.43 Å². The van der Waals surface area contributed by atoms with Crippen LogP contribution in [-0.4, -0.2) is 38.1 Å². The Hall–Kier alpha value is -3.22. The first kappa shape index (κ1) is 17.1. The predicted molar refractivity (Wildman–Crippen MR) is 90.3 cm³/mol. The molecule has 0 spiro atoms. The van der Waals surface area contributed by atoms with Crippen molar-refractivity contribution in [3.63, 3.8) is 0 Å². The molecule has 0 saturated heterocycles. The van der Waals surface area contributed by atoms with Gasteiger partial charge in [-0.2, -0.15) is 5.10 Å². The maximum atomic E-state index is 12.0. The Morgan fingerprint density at radius 3 is 2.42 bits per heavy atom. The maximum Gasteiger partial charge on any atom is 0.271 e. The number of carbonyl (C=O) groups excluding carboxylic acids is 1. The van der Waals surface area contributed by atoms with Crippen LogP contribution in [0, 0.1) is 4.91 Å². The van der Waals surface area contributed by atoms with Gasteiger partial charge in [-0.1, -0.05) is 0 Å². The SMILES string of the molecule is COc1ccc(/C=N/NC(=O)c2ccc([N+](C)=O)cc2)c(OC)c1. The third-order valence-electron chi connectivity index (χ3n) is 3.30. The van der Waals surface area contributed by atoms with Crippen LogP contribution in [0.1, 0.15) is 15.9 Å². The third kappa shape index (κ3) is 4.16. The summed E-state index contributed by atoms with van der Waals surface area (Å²) in [7, 11) is 4.50. The van der Waals surface area contributed by atoms with E-state index in [1.54, 1.807) is 56.7 Å². The van der Waals surface area contributed by atoms with Gasteiger partial charge in [0.25, 0.3) is 11.6 Å². The largest absolute Gasteiger partial charge is 0.497 e. The van der Waals surface area contributed by atoms with Gasteiger partial charge in [-0.05, 0) is 24.3 Å². The Labute approximate surface area is 139 Å². The van der Waals surface area contributed by atoms with E-state index in [9.17, 15) is 9.70 Å². The highest BCUT2D eigenvalue weighted by Gasteiger charge is 2.09. The second kappa shape index (κ2) is 7.87. The van der Waals surface area contributed by atoms with Gasteiger partial charge in [0.15, 0.2) is 7.05 Å². The fourth-order valence-corrected chi connectivity index (χ4v) is 1.97. The maximum absolute atomic E-state index is 12.0. The number of nitroso groups, excluding NO2 is 1. The lowest BCUT2D eigenvalue weighted by Crippen LogP contribution is -2.17. The van der Waals surface area contributed by atoms with Gasteiger partial charge >= 0.3 is 0 Å². The normalized spacial score (nSPS) is 10.5. The minimum atomic E-state index is -0.376. The molecule has 124 valence electrons. The van der Waals surface area contributed by atoms with E-state index in [0.717, 1.165) is 4.76 Å². The summed E-state index contributed by atoms with van der Waals surface area (Å²) < 4.78 is 11.1. The van der Waals surface area contributed by atoms with Gasteiger partial charge in [-0.15, -0.1) is 0 Å². The van der Waals surface area contributed by atoms with Crippen molar-refractivity contribution in [1.29, 1.82) is 0 Å². The van der Waals surface area contributed by atoms with Crippen LogP contribution in [0.3, 0.4) is 0 Å². The smallest absolute Gasteiger partial charge is 0.271 e. The zero-order valence-electron chi connectivity index (χ0n) is 13.6. The molecule has 1 N–H and O–H groups in total. The van der Waals surface area contributed by atoms with E-state index >= 15 is 0 Å². The fourth-order valence-electron chi connectivity index (χ4n) is 1.97. The van der Waals surface area contributed by atoms with E-state index in [4.69, 9.17) is 9.47 Å². The van der Waals surface area contributed by atoms with Crippen molar-refractivity contribution in [3.05, 3.63) is 58.5 Å². The molecule has 2 aromatic rings. The van der Waals surface area contributed by atoms with E-state index in [1.807, 2.05) is 0 Å². The van der Waals surface area contributed by atoms with Crippen molar-refractivity contribution in [2.24, 2.45) is 5.10 Å². The number of carbonyl (C=O) groups is 1. The van der Waals surface area contributed by atoms with Crippen molar-refractivity contribution in [1.82, 2.24) is 5.43 Å². The highest BCUT2D eigenvalue weighted by Crippen LogP contribution is 2.23. The first-order valence-corrected chi connectivity index (χ1v) is 7.11. The first-order chi connectivity index (χ1) is 11.5. The van der Waals surface area contributed by atoms with Crippen LogP contribution in [0.5, 0.6) is 11.5 Å². The topological polar surface area (TPSA) is 80.0 Å². The van der Waals surface area contributed by atoms with Gasteiger partial charge in [-0.3, -0.25) is 4.79 Å². The number of nitrogens with zero attached hydrogens (tertiary/aromatic N) is 2. The Balaban J connectivity index is 2.05. The number of amides is 1. The lowest BCUT2D eigenvalue weighted by Gasteiger charge is -2.06. The summed E-state index contributed by atoms with van der Waals surface area (Å²) in [6.07, 6.45) is 1.48. The second-order valence-corrected chi connectivity index (χ2v) is 4.85. The quantitative estimate of drug-likeness (QED) is 0.502. The first-order valence-electron chi connectivity index (χ1n) is 7.11. The number of nitrogens with one attached hydrogen (secondary N) is 1. The second-order valence-electron chi connectivity index (χ2n) is 4.85. The number of methoxy groups -OCH3 is 2. The van der Waals surface area contributed by atoms with E-state index in [1.165, 1.54) is 13.3 Å². The predicted octanol–water partition coefficient (Wildman–Crippen LogP) is 2.51. The van der Waals surface area contributed by atoms with Gasteiger partial charge in [0.05, 0.1) is 20.4 Å². The highest BCUT2D eigenvalue weighted by atomic mass is 16.5. The Morgan fingerprint density at radius 1 is 1.12 bits per heavy atom. The van der Waals surface area contributed by atoms with Crippen LogP contribution < -0.4 is 14.9 Å². The number of ether oxygens (including phenoxy) is 2. The average molecular weight is 328 g/mol. The summed E-state index contributed by atoms with van der Waals surface area (Å²) in [6.45, 7) is 0. The number of rotatable bonds is 6. The van der Waals surface area contributed by atoms with Crippen molar-refractivity contribution in [3.8, 4) is 11.5 Å². The zero-order chi connectivity index (χ0) is 17.5. The molecule has 0 aromatic heterocycles. The van der Waals surface area contributed by atoms with Crippen molar-refractivity contribution >= 4 is 17.8 Å². The summed E-state index contributed by atoms with van der Waals surface area (Å²) >= 11 is 0. The molecule has 0 bridgehead atoms. The van der Waals surface area contributed by atoms with Crippen molar-refractivity contribution < 1.29 is 19.0 Å². The van der Waals surface area contributed by atoms with Gasteiger partial charge in [0.1, 0.15) is 11.5 Å². The average Bonchev–Trinajstić information content (AvgIpc) is 2.61. The molecule has 24 heavy (non-hydrogen) atoms. The van der Waals surface area contributed by atoms with Gasteiger partial charge in [0.2, 0.25) is 0 Å². The van der Waals surface area contributed by atoms with Gasteiger partial charge < -0.3 is 9.47 Å². The lowest BCUT2D eigenvalue weighted by molar-refractivity contribution is -0.428. The molecule has 0 unspecified atom stereocenters. The fraction of sp³-hybridized carbons (Fsp3) is 0.176. The number of hydrogen-bond acceptors (Lipinski definition) is 5. The molecular weight excluding hydrogens is 310 g/mol. The van der Waals surface area contributed by atoms with E-state index < -0.39 is 0 Å². The van der Waals surface area contributed by atoms with Crippen LogP contribution in [-0.2, 0) is 0 Å². The zero-order valence-corrected chi connectivity index (χ0v) is 13.6. The van der Waals surface area contributed by atoms with Crippen LogP contribution in [0.15, 0.2) is 47.6 Å². The molecule has 0 aliphatic rings.